The van der Waals surface area contributed by atoms with Gasteiger partial charge in [0.05, 0.1) is 22.8 Å². The minimum absolute atomic E-state index is 0.125. The third-order valence-corrected chi connectivity index (χ3v) is 4.04. The van der Waals surface area contributed by atoms with Gasteiger partial charge in [0.15, 0.2) is 0 Å². The summed E-state index contributed by atoms with van der Waals surface area (Å²) in [6.07, 6.45) is 3.33. The van der Waals surface area contributed by atoms with Crippen molar-refractivity contribution in [1.82, 2.24) is 14.9 Å². The number of benzene rings is 1. The number of carbonyl (C=O) groups excluding carboxylic acids is 1. The van der Waals surface area contributed by atoms with Crippen LogP contribution in [0.15, 0.2) is 30.6 Å². The summed E-state index contributed by atoms with van der Waals surface area (Å²) in [6.45, 7) is 0.762. The molecular formula is C15H17N3O3. The van der Waals surface area contributed by atoms with Gasteiger partial charge in [0.25, 0.3) is 0 Å². The number of para-hydroxylation sites is 2. The summed E-state index contributed by atoms with van der Waals surface area (Å²) < 4.78 is 1.93. The third kappa shape index (κ3) is 2.74. The number of imidazole rings is 1. The quantitative estimate of drug-likeness (QED) is 0.841. The zero-order valence-corrected chi connectivity index (χ0v) is 11.6. The van der Waals surface area contributed by atoms with Gasteiger partial charge >= 0.3 is 5.97 Å². The van der Waals surface area contributed by atoms with E-state index in [1.165, 1.54) is 0 Å². The molecule has 0 unspecified atom stereocenters. The average molecular weight is 287 g/mol. The number of aryl methyl sites for hydroxylation is 1. The van der Waals surface area contributed by atoms with Crippen molar-refractivity contribution in [2.75, 3.05) is 6.54 Å². The first-order valence-electron chi connectivity index (χ1n) is 7.01. The van der Waals surface area contributed by atoms with Crippen LogP contribution in [0.5, 0.6) is 0 Å². The van der Waals surface area contributed by atoms with Crippen molar-refractivity contribution in [1.29, 1.82) is 0 Å². The number of carboxylic acids is 1. The molecule has 1 amide bonds. The first kappa shape index (κ1) is 13.6. The Morgan fingerprint density at radius 2 is 2.10 bits per heavy atom. The maximum absolute atomic E-state index is 11.8. The molecule has 0 spiro atoms. The van der Waals surface area contributed by atoms with Crippen LogP contribution < -0.4 is 5.32 Å². The van der Waals surface area contributed by atoms with E-state index in [2.05, 4.69) is 10.3 Å². The van der Waals surface area contributed by atoms with E-state index < -0.39 is 11.4 Å². The lowest BCUT2D eigenvalue weighted by molar-refractivity contribution is -0.143. The molecule has 1 aliphatic carbocycles. The molecule has 0 bridgehead atoms. The number of fused-ring (bicyclic) bond motifs is 1. The van der Waals surface area contributed by atoms with Crippen LogP contribution in [-0.2, 0) is 16.1 Å². The predicted molar refractivity (Wildman–Crippen MR) is 76.7 cm³/mol. The summed E-state index contributed by atoms with van der Waals surface area (Å²) in [7, 11) is 0. The second-order valence-corrected chi connectivity index (χ2v) is 5.54. The van der Waals surface area contributed by atoms with Crippen molar-refractivity contribution in [2.45, 2.75) is 25.8 Å². The molecule has 0 saturated heterocycles. The fourth-order valence-corrected chi connectivity index (χ4v) is 2.38. The van der Waals surface area contributed by atoms with Gasteiger partial charge in [-0.25, -0.2) is 4.98 Å². The molecule has 2 aromatic rings. The fraction of sp³-hybridized carbons (Fsp3) is 0.400. The Balaban J connectivity index is 1.53. The SMILES string of the molecule is O=C(CCn1cnc2ccccc21)NCC1(C(=O)O)CC1. The van der Waals surface area contributed by atoms with Gasteiger partial charge < -0.3 is 15.0 Å². The van der Waals surface area contributed by atoms with Gasteiger partial charge in [-0.3, -0.25) is 9.59 Å². The van der Waals surface area contributed by atoms with Gasteiger partial charge in [0.2, 0.25) is 5.91 Å². The molecule has 1 heterocycles. The maximum atomic E-state index is 11.8. The summed E-state index contributed by atoms with van der Waals surface area (Å²) in [5.74, 6) is -0.941. The number of amides is 1. The normalized spacial score (nSPS) is 15.8. The molecule has 6 heteroatoms. The Labute approximate surface area is 121 Å². The zero-order valence-electron chi connectivity index (χ0n) is 11.6. The van der Waals surface area contributed by atoms with Gasteiger partial charge in [0, 0.05) is 19.5 Å². The highest BCUT2D eigenvalue weighted by molar-refractivity contribution is 5.81. The Bertz CT molecular complexity index is 688. The van der Waals surface area contributed by atoms with E-state index in [-0.39, 0.29) is 12.5 Å². The lowest BCUT2D eigenvalue weighted by Crippen LogP contribution is -2.34. The molecule has 0 radical (unpaired) electrons. The van der Waals surface area contributed by atoms with Crippen LogP contribution in [0.1, 0.15) is 19.3 Å². The second-order valence-electron chi connectivity index (χ2n) is 5.54. The molecule has 3 rings (SSSR count). The molecule has 2 N–H and O–H groups in total. The first-order chi connectivity index (χ1) is 10.1. The molecule has 0 aliphatic heterocycles. The predicted octanol–water partition coefficient (Wildman–Crippen LogP) is 1.41. The largest absolute Gasteiger partial charge is 0.481 e. The molecule has 6 nitrogen and oxygen atoms in total. The molecule has 1 aliphatic rings. The smallest absolute Gasteiger partial charge is 0.311 e. The lowest BCUT2D eigenvalue weighted by atomic mass is 10.1. The van der Waals surface area contributed by atoms with E-state index in [1.807, 2.05) is 28.8 Å². The van der Waals surface area contributed by atoms with E-state index in [1.54, 1.807) is 6.33 Å². The minimum Gasteiger partial charge on any atom is -0.481 e. The summed E-state index contributed by atoms with van der Waals surface area (Å²) in [4.78, 5) is 27.1. The fourth-order valence-electron chi connectivity index (χ4n) is 2.38. The van der Waals surface area contributed by atoms with Crippen molar-refractivity contribution in [3.8, 4) is 0 Å². The van der Waals surface area contributed by atoms with Crippen LogP contribution in [0.3, 0.4) is 0 Å². The number of nitrogens with one attached hydrogen (secondary N) is 1. The number of carbonyl (C=O) groups is 2. The number of nitrogens with zero attached hydrogens (tertiary/aromatic N) is 2. The highest BCUT2D eigenvalue weighted by Crippen LogP contribution is 2.45. The van der Waals surface area contributed by atoms with Gasteiger partial charge in [-0.1, -0.05) is 12.1 Å². The molecule has 21 heavy (non-hydrogen) atoms. The Kier molecular flexibility index (Phi) is 3.37. The molecule has 0 atom stereocenters. The van der Waals surface area contributed by atoms with Gasteiger partial charge in [-0.05, 0) is 25.0 Å². The molecule has 110 valence electrons. The molecule has 1 aromatic carbocycles. The Morgan fingerprint density at radius 3 is 2.81 bits per heavy atom. The van der Waals surface area contributed by atoms with Gasteiger partial charge in [-0.2, -0.15) is 0 Å². The van der Waals surface area contributed by atoms with Crippen LogP contribution in [0.2, 0.25) is 0 Å². The molecule has 1 aromatic heterocycles. The number of aliphatic carboxylic acids is 1. The van der Waals surface area contributed by atoms with Crippen molar-refractivity contribution in [3.05, 3.63) is 30.6 Å². The van der Waals surface area contributed by atoms with Crippen LogP contribution in [0.4, 0.5) is 0 Å². The van der Waals surface area contributed by atoms with Gasteiger partial charge in [0.1, 0.15) is 0 Å². The number of rotatable bonds is 6. The van der Waals surface area contributed by atoms with Crippen LogP contribution >= 0.6 is 0 Å². The van der Waals surface area contributed by atoms with E-state index in [0.717, 1.165) is 11.0 Å². The number of aromatic nitrogens is 2. The van der Waals surface area contributed by atoms with Crippen molar-refractivity contribution < 1.29 is 14.7 Å². The molecule has 1 fully saturated rings. The Hall–Kier alpha value is -2.37. The van der Waals surface area contributed by atoms with Crippen molar-refractivity contribution in [3.63, 3.8) is 0 Å². The number of hydrogen-bond donors (Lipinski definition) is 2. The van der Waals surface area contributed by atoms with E-state index >= 15 is 0 Å². The van der Waals surface area contributed by atoms with Crippen LogP contribution in [0.25, 0.3) is 11.0 Å². The minimum atomic E-state index is -0.816. The van der Waals surface area contributed by atoms with E-state index in [4.69, 9.17) is 5.11 Å². The van der Waals surface area contributed by atoms with Crippen LogP contribution in [0, 0.1) is 5.41 Å². The van der Waals surface area contributed by atoms with Crippen molar-refractivity contribution in [2.24, 2.45) is 5.41 Å². The second kappa shape index (κ2) is 5.20. The standard InChI is InChI=1S/C15H17N3O3/c19-13(16-9-15(6-7-15)14(20)21)5-8-18-10-17-11-3-1-2-4-12(11)18/h1-4,10H,5-9H2,(H,16,19)(H,20,21). The Morgan fingerprint density at radius 1 is 1.33 bits per heavy atom. The van der Waals surface area contributed by atoms with Crippen LogP contribution in [-0.4, -0.2) is 33.1 Å². The topological polar surface area (TPSA) is 84.2 Å². The third-order valence-electron chi connectivity index (χ3n) is 4.04. The average Bonchev–Trinajstić information content (AvgIpc) is 3.18. The number of carboxylic acid groups (broad SMARTS) is 1. The maximum Gasteiger partial charge on any atom is 0.311 e. The van der Waals surface area contributed by atoms with Gasteiger partial charge in [-0.15, -0.1) is 0 Å². The summed E-state index contributed by atoms with van der Waals surface area (Å²) in [5, 5.41) is 11.8. The summed E-state index contributed by atoms with van der Waals surface area (Å²) >= 11 is 0. The number of hydrogen-bond acceptors (Lipinski definition) is 3. The first-order valence-corrected chi connectivity index (χ1v) is 7.01. The van der Waals surface area contributed by atoms with Crippen molar-refractivity contribution >= 4 is 22.9 Å². The summed E-state index contributed by atoms with van der Waals surface area (Å²) in [6, 6.07) is 7.75. The highest BCUT2D eigenvalue weighted by atomic mass is 16.4. The molecular weight excluding hydrogens is 270 g/mol. The van der Waals surface area contributed by atoms with E-state index in [9.17, 15) is 9.59 Å². The highest BCUT2D eigenvalue weighted by Gasteiger charge is 2.50. The lowest BCUT2D eigenvalue weighted by Gasteiger charge is -2.11. The van der Waals surface area contributed by atoms with E-state index in [0.29, 0.717) is 25.8 Å². The summed E-state index contributed by atoms with van der Waals surface area (Å²) in [5.41, 5.74) is 1.19. The monoisotopic (exact) mass is 287 g/mol. The molecule has 1 saturated carbocycles. The zero-order chi connectivity index (χ0) is 14.9.